The van der Waals surface area contributed by atoms with Gasteiger partial charge in [0, 0.05) is 18.4 Å². The molecule has 0 radical (unpaired) electrons. The van der Waals surface area contributed by atoms with Gasteiger partial charge in [0.05, 0.1) is 5.56 Å². The van der Waals surface area contributed by atoms with Crippen molar-refractivity contribution in [2.75, 3.05) is 6.54 Å². The fourth-order valence-corrected chi connectivity index (χ4v) is 1.30. The van der Waals surface area contributed by atoms with Crippen molar-refractivity contribution in [1.29, 1.82) is 0 Å². The Bertz CT molecular complexity index is 300. The predicted octanol–water partition coefficient (Wildman–Crippen LogP) is 0.939. The van der Waals surface area contributed by atoms with Gasteiger partial charge in [-0.2, -0.15) is 0 Å². The number of carbonyl (C=O) groups excluding carboxylic acids is 1. The van der Waals surface area contributed by atoms with Crippen LogP contribution in [-0.2, 0) is 0 Å². The molecule has 4 nitrogen and oxygen atoms in total. The number of nitrogens with two attached hydrogens (primary N) is 1. The summed E-state index contributed by atoms with van der Waals surface area (Å²) in [5.74, 6) is -0.0763. The van der Waals surface area contributed by atoms with Gasteiger partial charge in [-0.15, -0.1) is 0 Å². The van der Waals surface area contributed by atoms with Gasteiger partial charge in [-0.3, -0.25) is 9.78 Å². The molecule has 4 heteroatoms. The van der Waals surface area contributed by atoms with Crippen LogP contribution >= 0.6 is 0 Å². The van der Waals surface area contributed by atoms with Crippen molar-refractivity contribution in [2.45, 2.75) is 25.8 Å². The van der Waals surface area contributed by atoms with E-state index in [0.717, 1.165) is 12.8 Å². The van der Waals surface area contributed by atoms with Crippen molar-refractivity contribution in [3.8, 4) is 0 Å². The molecule has 1 aromatic rings. The van der Waals surface area contributed by atoms with Crippen molar-refractivity contribution in [1.82, 2.24) is 10.3 Å². The molecule has 0 bridgehead atoms. The molecule has 3 N–H and O–H groups in total. The molecule has 0 aliphatic carbocycles. The van der Waals surface area contributed by atoms with Gasteiger partial charge in [-0.1, -0.05) is 0 Å². The van der Waals surface area contributed by atoms with Crippen LogP contribution in [0.1, 0.15) is 30.1 Å². The first-order valence-electron chi connectivity index (χ1n) is 5.15. The average Bonchev–Trinajstić information content (AvgIpc) is 2.27. The lowest BCUT2D eigenvalue weighted by Gasteiger charge is -2.12. The van der Waals surface area contributed by atoms with E-state index >= 15 is 0 Å². The number of hydrogen-bond acceptors (Lipinski definition) is 3. The minimum absolute atomic E-state index is 0.0763. The van der Waals surface area contributed by atoms with Crippen molar-refractivity contribution >= 4 is 5.91 Å². The molecule has 0 aliphatic heterocycles. The number of rotatable bonds is 5. The fraction of sp³-hybridized carbons (Fsp3) is 0.455. The Balaban J connectivity index is 2.42. The van der Waals surface area contributed by atoms with Crippen molar-refractivity contribution < 1.29 is 4.79 Å². The highest BCUT2D eigenvalue weighted by Gasteiger charge is 2.08. The Morgan fingerprint density at radius 3 is 3.07 bits per heavy atom. The first-order valence-corrected chi connectivity index (χ1v) is 5.15. The lowest BCUT2D eigenvalue weighted by atomic mass is 10.1. The molecule has 0 saturated heterocycles. The molecule has 0 aromatic carbocycles. The summed E-state index contributed by atoms with van der Waals surface area (Å²) in [6.07, 6.45) is 5.04. The third kappa shape index (κ3) is 4.08. The van der Waals surface area contributed by atoms with Gasteiger partial charge in [-0.05, 0) is 38.4 Å². The van der Waals surface area contributed by atoms with Crippen LogP contribution in [0.25, 0.3) is 0 Å². The van der Waals surface area contributed by atoms with Crippen LogP contribution in [0.3, 0.4) is 0 Å². The Hall–Kier alpha value is -1.42. The molecule has 1 amide bonds. The zero-order valence-corrected chi connectivity index (χ0v) is 8.94. The van der Waals surface area contributed by atoms with E-state index in [9.17, 15) is 4.79 Å². The summed E-state index contributed by atoms with van der Waals surface area (Å²) in [7, 11) is 0. The third-order valence-corrected chi connectivity index (χ3v) is 2.14. The normalized spacial score (nSPS) is 12.1. The highest BCUT2D eigenvalue weighted by molar-refractivity contribution is 5.93. The summed E-state index contributed by atoms with van der Waals surface area (Å²) in [6, 6.07) is 3.65. The smallest absolute Gasteiger partial charge is 0.253 e. The second-order valence-electron chi connectivity index (χ2n) is 3.55. The number of nitrogens with one attached hydrogen (secondary N) is 1. The van der Waals surface area contributed by atoms with E-state index in [0.29, 0.717) is 12.1 Å². The largest absolute Gasteiger partial charge is 0.350 e. The van der Waals surface area contributed by atoms with E-state index in [1.165, 1.54) is 0 Å². The molecule has 0 spiro atoms. The van der Waals surface area contributed by atoms with Gasteiger partial charge in [0.25, 0.3) is 5.91 Å². The van der Waals surface area contributed by atoms with E-state index in [2.05, 4.69) is 10.3 Å². The number of pyridine rings is 1. The first kappa shape index (κ1) is 11.7. The highest BCUT2D eigenvalue weighted by Crippen LogP contribution is 1.99. The Morgan fingerprint density at radius 2 is 2.47 bits per heavy atom. The van der Waals surface area contributed by atoms with Crippen LogP contribution in [0.2, 0.25) is 0 Å². The molecule has 82 valence electrons. The summed E-state index contributed by atoms with van der Waals surface area (Å²) >= 11 is 0. The highest BCUT2D eigenvalue weighted by atomic mass is 16.1. The van der Waals surface area contributed by atoms with E-state index in [-0.39, 0.29) is 11.9 Å². The minimum Gasteiger partial charge on any atom is -0.350 e. The van der Waals surface area contributed by atoms with E-state index in [4.69, 9.17) is 5.73 Å². The van der Waals surface area contributed by atoms with Crippen LogP contribution < -0.4 is 11.1 Å². The molecular formula is C11H17N3O. The predicted molar refractivity (Wildman–Crippen MR) is 59.5 cm³/mol. The molecule has 1 atom stereocenters. The van der Waals surface area contributed by atoms with Gasteiger partial charge in [0.2, 0.25) is 0 Å². The van der Waals surface area contributed by atoms with Gasteiger partial charge in [-0.25, -0.2) is 0 Å². The minimum atomic E-state index is -0.0763. The van der Waals surface area contributed by atoms with Crippen LogP contribution in [-0.4, -0.2) is 23.5 Å². The molecule has 1 rings (SSSR count). The lowest BCUT2D eigenvalue weighted by Crippen LogP contribution is -2.32. The standard InChI is InChI=1S/C11H17N3O/c1-9(4-2-6-12)14-11(15)10-5-3-7-13-8-10/h3,5,7-9H,2,4,6,12H2,1H3,(H,14,15). The fourth-order valence-electron chi connectivity index (χ4n) is 1.30. The topological polar surface area (TPSA) is 68.0 Å². The Labute approximate surface area is 89.9 Å². The molecule has 1 unspecified atom stereocenters. The molecule has 0 saturated carbocycles. The number of carbonyl (C=O) groups is 1. The zero-order valence-electron chi connectivity index (χ0n) is 8.94. The Kier molecular flexibility index (Phi) is 4.77. The molecule has 1 heterocycles. The van der Waals surface area contributed by atoms with Gasteiger partial charge < -0.3 is 11.1 Å². The third-order valence-electron chi connectivity index (χ3n) is 2.14. The maximum atomic E-state index is 11.6. The number of amides is 1. The molecule has 15 heavy (non-hydrogen) atoms. The SMILES string of the molecule is CC(CCCN)NC(=O)c1cccnc1. The molecular weight excluding hydrogens is 190 g/mol. The van der Waals surface area contributed by atoms with E-state index < -0.39 is 0 Å². The van der Waals surface area contributed by atoms with Gasteiger partial charge >= 0.3 is 0 Å². The van der Waals surface area contributed by atoms with Crippen molar-refractivity contribution in [3.05, 3.63) is 30.1 Å². The second kappa shape index (κ2) is 6.14. The maximum Gasteiger partial charge on any atom is 0.253 e. The van der Waals surface area contributed by atoms with Crippen molar-refractivity contribution in [2.24, 2.45) is 5.73 Å². The first-order chi connectivity index (χ1) is 7.24. The van der Waals surface area contributed by atoms with Crippen LogP contribution in [0.4, 0.5) is 0 Å². The second-order valence-corrected chi connectivity index (χ2v) is 3.55. The average molecular weight is 207 g/mol. The van der Waals surface area contributed by atoms with E-state index in [1.54, 1.807) is 24.5 Å². The number of hydrogen-bond donors (Lipinski definition) is 2. The monoisotopic (exact) mass is 207 g/mol. The van der Waals surface area contributed by atoms with Gasteiger partial charge in [0.15, 0.2) is 0 Å². The Morgan fingerprint density at radius 1 is 1.67 bits per heavy atom. The summed E-state index contributed by atoms with van der Waals surface area (Å²) in [4.78, 5) is 15.5. The summed E-state index contributed by atoms with van der Waals surface area (Å²) in [6.45, 7) is 2.64. The molecule has 1 aromatic heterocycles. The van der Waals surface area contributed by atoms with Crippen LogP contribution in [0.15, 0.2) is 24.5 Å². The van der Waals surface area contributed by atoms with Crippen LogP contribution in [0, 0.1) is 0 Å². The zero-order chi connectivity index (χ0) is 11.1. The summed E-state index contributed by atoms with van der Waals surface area (Å²) in [5.41, 5.74) is 5.99. The van der Waals surface area contributed by atoms with Gasteiger partial charge in [0.1, 0.15) is 0 Å². The summed E-state index contributed by atoms with van der Waals surface area (Å²) in [5, 5.41) is 2.90. The lowest BCUT2D eigenvalue weighted by molar-refractivity contribution is 0.0938. The van der Waals surface area contributed by atoms with Crippen molar-refractivity contribution in [3.63, 3.8) is 0 Å². The summed E-state index contributed by atoms with van der Waals surface area (Å²) < 4.78 is 0. The maximum absolute atomic E-state index is 11.6. The number of nitrogens with zero attached hydrogens (tertiary/aromatic N) is 1. The molecule has 0 aliphatic rings. The number of aromatic nitrogens is 1. The van der Waals surface area contributed by atoms with Crippen LogP contribution in [0.5, 0.6) is 0 Å². The van der Waals surface area contributed by atoms with E-state index in [1.807, 2.05) is 6.92 Å². The quantitative estimate of drug-likeness (QED) is 0.755. The molecule has 0 fully saturated rings.